The van der Waals surface area contributed by atoms with Crippen molar-refractivity contribution in [2.75, 3.05) is 19.0 Å². The highest BCUT2D eigenvalue weighted by atomic mass is 16.5. The Labute approximate surface area is 108 Å². The molecule has 0 saturated carbocycles. The molecule has 1 unspecified atom stereocenters. The maximum absolute atomic E-state index is 11.8. The van der Waals surface area contributed by atoms with E-state index in [2.05, 4.69) is 5.32 Å². The summed E-state index contributed by atoms with van der Waals surface area (Å²) in [6.45, 7) is 2.42. The SMILES string of the molecule is CCC(C#N)C(=O)Nc1ccccc1CCOC. The van der Waals surface area contributed by atoms with Crippen molar-refractivity contribution in [3.8, 4) is 6.07 Å². The zero-order chi connectivity index (χ0) is 13.4. The average Bonchev–Trinajstić information content (AvgIpc) is 2.39. The van der Waals surface area contributed by atoms with Crippen LogP contribution >= 0.6 is 0 Å². The summed E-state index contributed by atoms with van der Waals surface area (Å²) in [5, 5.41) is 11.7. The highest BCUT2D eigenvalue weighted by molar-refractivity contribution is 5.94. The fourth-order valence-electron chi connectivity index (χ4n) is 1.63. The smallest absolute Gasteiger partial charge is 0.241 e. The molecule has 1 aromatic carbocycles. The molecule has 0 saturated heterocycles. The molecule has 4 heteroatoms. The molecule has 4 nitrogen and oxygen atoms in total. The van der Waals surface area contributed by atoms with Gasteiger partial charge in [-0.1, -0.05) is 25.1 Å². The van der Waals surface area contributed by atoms with Gasteiger partial charge in [0, 0.05) is 12.8 Å². The Bertz CT molecular complexity index is 438. The van der Waals surface area contributed by atoms with Gasteiger partial charge in [-0.05, 0) is 24.5 Å². The van der Waals surface area contributed by atoms with E-state index in [4.69, 9.17) is 10.00 Å². The number of nitrogens with one attached hydrogen (secondary N) is 1. The largest absolute Gasteiger partial charge is 0.384 e. The monoisotopic (exact) mass is 246 g/mol. The number of rotatable bonds is 6. The van der Waals surface area contributed by atoms with E-state index in [1.165, 1.54) is 0 Å². The Hall–Kier alpha value is -1.86. The van der Waals surface area contributed by atoms with Crippen LogP contribution in [-0.2, 0) is 16.0 Å². The topological polar surface area (TPSA) is 62.1 Å². The summed E-state index contributed by atoms with van der Waals surface area (Å²) in [6, 6.07) is 9.56. The van der Waals surface area contributed by atoms with Gasteiger partial charge < -0.3 is 10.1 Å². The van der Waals surface area contributed by atoms with Gasteiger partial charge in [-0.2, -0.15) is 5.26 Å². The van der Waals surface area contributed by atoms with Crippen molar-refractivity contribution >= 4 is 11.6 Å². The number of para-hydroxylation sites is 1. The molecule has 0 aromatic heterocycles. The number of hydrogen-bond donors (Lipinski definition) is 1. The van der Waals surface area contributed by atoms with Crippen LogP contribution in [-0.4, -0.2) is 19.6 Å². The lowest BCUT2D eigenvalue weighted by Crippen LogP contribution is -2.21. The third-order valence-electron chi connectivity index (χ3n) is 2.73. The van der Waals surface area contributed by atoms with Crippen LogP contribution < -0.4 is 5.32 Å². The minimum absolute atomic E-state index is 0.245. The van der Waals surface area contributed by atoms with Gasteiger partial charge >= 0.3 is 0 Å². The number of nitrogens with zero attached hydrogens (tertiary/aromatic N) is 1. The van der Waals surface area contributed by atoms with E-state index in [9.17, 15) is 4.79 Å². The molecule has 0 aliphatic carbocycles. The maximum Gasteiger partial charge on any atom is 0.241 e. The van der Waals surface area contributed by atoms with Gasteiger partial charge in [-0.3, -0.25) is 4.79 Å². The molecule has 0 heterocycles. The number of amides is 1. The molecular formula is C14H18N2O2. The first-order valence-corrected chi connectivity index (χ1v) is 6.00. The van der Waals surface area contributed by atoms with Crippen molar-refractivity contribution in [3.05, 3.63) is 29.8 Å². The molecule has 0 radical (unpaired) electrons. The van der Waals surface area contributed by atoms with E-state index in [-0.39, 0.29) is 5.91 Å². The van der Waals surface area contributed by atoms with Crippen molar-refractivity contribution < 1.29 is 9.53 Å². The van der Waals surface area contributed by atoms with E-state index in [0.29, 0.717) is 13.0 Å². The van der Waals surface area contributed by atoms with Crippen LogP contribution in [0.15, 0.2) is 24.3 Å². The summed E-state index contributed by atoms with van der Waals surface area (Å²) in [7, 11) is 1.64. The zero-order valence-electron chi connectivity index (χ0n) is 10.8. The lowest BCUT2D eigenvalue weighted by atomic mass is 10.1. The van der Waals surface area contributed by atoms with Gasteiger partial charge in [0.25, 0.3) is 0 Å². The first-order chi connectivity index (χ1) is 8.72. The summed E-state index contributed by atoms with van der Waals surface area (Å²) in [6.07, 6.45) is 1.25. The Kier molecular flexibility index (Phi) is 5.89. The second kappa shape index (κ2) is 7.46. The quantitative estimate of drug-likeness (QED) is 0.838. The van der Waals surface area contributed by atoms with Gasteiger partial charge in [-0.15, -0.1) is 0 Å². The van der Waals surface area contributed by atoms with E-state index in [0.717, 1.165) is 17.7 Å². The Balaban J connectivity index is 2.77. The number of methoxy groups -OCH3 is 1. The molecule has 96 valence electrons. The van der Waals surface area contributed by atoms with E-state index in [1.807, 2.05) is 37.3 Å². The molecular weight excluding hydrogens is 228 g/mol. The lowest BCUT2D eigenvalue weighted by molar-refractivity contribution is -0.118. The summed E-state index contributed by atoms with van der Waals surface area (Å²) in [5.41, 5.74) is 1.77. The number of anilines is 1. The zero-order valence-corrected chi connectivity index (χ0v) is 10.8. The standard InChI is InChI=1S/C14H18N2O2/c1-3-11(10-15)14(17)16-13-7-5-4-6-12(13)8-9-18-2/h4-7,11H,3,8-9H2,1-2H3,(H,16,17). The second-order valence-corrected chi connectivity index (χ2v) is 3.98. The number of nitriles is 1. The highest BCUT2D eigenvalue weighted by Gasteiger charge is 2.16. The van der Waals surface area contributed by atoms with Gasteiger partial charge in [0.2, 0.25) is 5.91 Å². The predicted molar refractivity (Wildman–Crippen MR) is 70.0 cm³/mol. The molecule has 0 aliphatic heterocycles. The molecule has 0 spiro atoms. The Morgan fingerprint density at radius 3 is 2.83 bits per heavy atom. The number of benzene rings is 1. The van der Waals surface area contributed by atoms with Gasteiger partial charge in [0.15, 0.2) is 0 Å². The van der Waals surface area contributed by atoms with Crippen molar-refractivity contribution in [2.24, 2.45) is 5.92 Å². The third-order valence-corrected chi connectivity index (χ3v) is 2.73. The van der Waals surface area contributed by atoms with Gasteiger partial charge in [0.05, 0.1) is 12.7 Å². The van der Waals surface area contributed by atoms with Crippen LogP contribution in [0.5, 0.6) is 0 Å². The lowest BCUT2D eigenvalue weighted by Gasteiger charge is -2.12. The molecule has 1 atom stereocenters. The maximum atomic E-state index is 11.8. The normalized spacial score (nSPS) is 11.6. The summed E-state index contributed by atoms with van der Waals surface area (Å²) in [4.78, 5) is 11.8. The summed E-state index contributed by atoms with van der Waals surface area (Å²) >= 11 is 0. The number of carbonyl (C=O) groups excluding carboxylic acids is 1. The molecule has 18 heavy (non-hydrogen) atoms. The van der Waals surface area contributed by atoms with E-state index >= 15 is 0 Å². The first kappa shape index (κ1) is 14.2. The summed E-state index contributed by atoms with van der Waals surface area (Å²) in [5.74, 6) is -0.842. The third kappa shape index (κ3) is 3.86. The predicted octanol–water partition coefficient (Wildman–Crippen LogP) is 2.36. The Morgan fingerprint density at radius 2 is 2.22 bits per heavy atom. The first-order valence-electron chi connectivity index (χ1n) is 6.00. The van der Waals surface area contributed by atoms with Crippen LogP contribution in [0.4, 0.5) is 5.69 Å². The van der Waals surface area contributed by atoms with Gasteiger partial charge in [0.1, 0.15) is 5.92 Å². The van der Waals surface area contributed by atoms with Crippen LogP contribution in [0.1, 0.15) is 18.9 Å². The second-order valence-electron chi connectivity index (χ2n) is 3.98. The van der Waals surface area contributed by atoms with Crippen LogP contribution in [0.3, 0.4) is 0 Å². The number of hydrogen-bond acceptors (Lipinski definition) is 3. The van der Waals surface area contributed by atoms with Gasteiger partial charge in [-0.25, -0.2) is 0 Å². The average molecular weight is 246 g/mol. The molecule has 1 N–H and O–H groups in total. The molecule has 0 fully saturated rings. The Morgan fingerprint density at radius 1 is 1.50 bits per heavy atom. The molecule has 1 rings (SSSR count). The molecule has 0 aliphatic rings. The minimum Gasteiger partial charge on any atom is -0.384 e. The minimum atomic E-state index is -0.597. The molecule has 0 bridgehead atoms. The van der Waals surface area contributed by atoms with E-state index < -0.39 is 5.92 Å². The van der Waals surface area contributed by atoms with Crippen molar-refractivity contribution in [1.82, 2.24) is 0 Å². The van der Waals surface area contributed by atoms with E-state index in [1.54, 1.807) is 7.11 Å². The van der Waals surface area contributed by atoms with Crippen molar-refractivity contribution in [2.45, 2.75) is 19.8 Å². The summed E-state index contributed by atoms with van der Waals surface area (Å²) < 4.78 is 5.03. The van der Waals surface area contributed by atoms with Crippen LogP contribution in [0, 0.1) is 17.2 Å². The molecule has 1 amide bonds. The van der Waals surface area contributed by atoms with Crippen molar-refractivity contribution in [3.63, 3.8) is 0 Å². The fraction of sp³-hybridized carbons (Fsp3) is 0.429. The van der Waals surface area contributed by atoms with Crippen molar-refractivity contribution in [1.29, 1.82) is 5.26 Å². The van der Waals surface area contributed by atoms with Crippen LogP contribution in [0.25, 0.3) is 0 Å². The van der Waals surface area contributed by atoms with Crippen LogP contribution in [0.2, 0.25) is 0 Å². The number of carbonyl (C=O) groups is 1. The molecule has 1 aromatic rings. The fourth-order valence-corrected chi connectivity index (χ4v) is 1.63. The number of ether oxygens (including phenoxy) is 1. The highest BCUT2D eigenvalue weighted by Crippen LogP contribution is 2.17.